The van der Waals surface area contributed by atoms with Crippen LogP contribution >= 0.6 is 0 Å². The van der Waals surface area contributed by atoms with Crippen molar-refractivity contribution in [2.45, 2.75) is 19.1 Å². The fraction of sp³-hybridized carbons (Fsp3) is 0.545. The van der Waals surface area contributed by atoms with Crippen molar-refractivity contribution in [3.63, 3.8) is 0 Å². The van der Waals surface area contributed by atoms with Crippen molar-refractivity contribution in [1.82, 2.24) is 19.6 Å². The molecule has 1 aliphatic heterocycles. The van der Waals surface area contributed by atoms with Gasteiger partial charge in [-0.05, 0) is 6.92 Å². The third kappa shape index (κ3) is 2.20. The van der Waals surface area contributed by atoms with Crippen molar-refractivity contribution < 1.29 is 4.74 Å². The van der Waals surface area contributed by atoms with Gasteiger partial charge in [0.1, 0.15) is 12.1 Å². The number of nitrogens with two attached hydrogens (primary N) is 1. The first-order chi connectivity index (χ1) is 9.15. The third-order valence-electron chi connectivity index (χ3n) is 3.30. The Morgan fingerprint density at radius 1 is 1.63 bits per heavy atom. The SMILES string of the molecule is CC(N)C1CN(c2cc3n[nH]c(=O)n3cn2)CCO1. The summed E-state index contributed by atoms with van der Waals surface area (Å²) < 4.78 is 6.98. The molecule has 102 valence electrons. The number of anilines is 1. The molecule has 2 aromatic heterocycles. The minimum Gasteiger partial charge on any atom is -0.373 e. The molecule has 0 saturated carbocycles. The smallest absolute Gasteiger partial charge is 0.348 e. The number of hydrogen-bond donors (Lipinski definition) is 2. The van der Waals surface area contributed by atoms with Crippen LogP contribution in [0.4, 0.5) is 5.82 Å². The number of hydrogen-bond acceptors (Lipinski definition) is 6. The summed E-state index contributed by atoms with van der Waals surface area (Å²) in [6, 6.07) is 1.75. The summed E-state index contributed by atoms with van der Waals surface area (Å²) in [6.07, 6.45) is 1.47. The zero-order valence-corrected chi connectivity index (χ0v) is 10.6. The van der Waals surface area contributed by atoms with E-state index in [2.05, 4.69) is 20.1 Å². The van der Waals surface area contributed by atoms with Crippen LogP contribution in [0.5, 0.6) is 0 Å². The van der Waals surface area contributed by atoms with Crippen molar-refractivity contribution >= 4 is 11.5 Å². The van der Waals surface area contributed by atoms with E-state index in [9.17, 15) is 4.79 Å². The monoisotopic (exact) mass is 264 g/mol. The van der Waals surface area contributed by atoms with Gasteiger partial charge in [-0.3, -0.25) is 0 Å². The van der Waals surface area contributed by atoms with Crippen LogP contribution in [0.1, 0.15) is 6.92 Å². The summed E-state index contributed by atoms with van der Waals surface area (Å²) in [5.41, 5.74) is 6.13. The van der Waals surface area contributed by atoms with Gasteiger partial charge in [0.2, 0.25) is 0 Å². The van der Waals surface area contributed by atoms with E-state index in [4.69, 9.17) is 10.5 Å². The van der Waals surface area contributed by atoms with Crippen LogP contribution in [0.15, 0.2) is 17.2 Å². The van der Waals surface area contributed by atoms with Crippen LogP contribution in [0.25, 0.3) is 5.65 Å². The van der Waals surface area contributed by atoms with Gasteiger partial charge in [0.05, 0.1) is 12.7 Å². The Balaban J connectivity index is 1.89. The molecule has 1 saturated heterocycles. The molecular formula is C11H16N6O2. The number of ether oxygens (including phenoxy) is 1. The largest absolute Gasteiger partial charge is 0.373 e. The van der Waals surface area contributed by atoms with Crippen molar-refractivity contribution in [2.75, 3.05) is 24.6 Å². The lowest BCUT2D eigenvalue weighted by Crippen LogP contribution is -2.49. The Morgan fingerprint density at radius 3 is 3.26 bits per heavy atom. The molecule has 3 rings (SSSR count). The average Bonchev–Trinajstić information content (AvgIpc) is 2.80. The van der Waals surface area contributed by atoms with Crippen molar-refractivity contribution in [2.24, 2.45) is 5.73 Å². The lowest BCUT2D eigenvalue weighted by molar-refractivity contribution is 0.0273. The van der Waals surface area contributed by atoms with Crippen LogP contribution in [-0.2, 0) is 4.74 Å². The molecule has 3 N–H and O–H groups in total. The fourth-order valence-electron chi connectivity index (χ4n) is 2.17. The van der Waals surface area contributed by atoms with E-state index in [0.29, 0.717) is 18.8 Å². The Bertz CT molecular complexity index is 633. The molecule has 0 radical (unpaired) electrons. The molecule has 2 aromatic rings. The molecule has 2 unspecified atom stereocenters. The number of nitrogens with zero attached hydrogens (tertiary/aromatic N) is 4. The van der Waals surface area contributed by atoms with Gasteiger partial charge in [-0.25, -0.2) is 19.3 Å². The maximum Gasteiger partial charge on any atom is 0.348 e. The summed E-state index contributed by atoms with van der Waals surface area (Å²) in [5, 5.41) is 6.32. The zero-order chi connectivity index (χ0) is 13.4. The summed E-state index contributed by atoms with van der Waals surface area (Å²) in [5.74, 6) is 0.778. The van der Waals surface area contributed by atoms with E-state index in [0.717, 1.165) is 12.4 Å². The van der Waals surface area contributed by atoms with Gasteiger partial charge in [0.15, 0.2) is 5.65 Å². The van der Waals surface area contributed by atoms with E-state index >= 15 is 0 Å². The number of nitrogens with one attached hydrogen (secondary N) is 1. The van der Waals surface area contributed by atoms with Crippen LogP contribution < -0.4 is 16.3 Å². The maximum absolute atomic E-state index is 11.4. The lowest BCUT2D eigenvalue weighted by atomic mass is 10.1. The van der Waals surface area contributed by atoms with Crippen molar-refractivity contribution in [3.8, 4) is 0 Å². The highest BCUT2D eigenvalue weighted by Crippen LogP contribution is 2.16. The first-order valence-corrected chi connectivity index (χ1v) is 6.20. The quantitative estimate of drug-likeness (QED) is 0.719. The second kappa shape index (κ2) is 4.63. The molecule has 1 fully saturated rings. The van der Waals surface area contributed by atoms with E-state index < -0.39 is 0 Å². The number of fused-ring (bicyclic) bond motifs is 1. The van der Waals surface area contributed by atoms with Crippen molar-refractivity contribution in [3.05, 3.63) is 22.9 Å². The van der Waals surface area contributed by atoms with E-state index in [1.807, 2.05) is 6.92 Å². The second-order valence-corrected chi connectivity index (χ2v) is 4.72. The van der Waals surface area contributed by atoms with Gasteiger partial charge in [-0.1, -0.05) is 0 Å². The highest BCUT2D eigenvalue weighted by Gasteiger charge is 2.24. The number of morpholine rings is 1. The molecule has 2 atom stereocenters. The van der Waals surface area contributed by atoms with Crippen molar-refractivity contribution in [1.29, 1.82) is 0 Å². The Hall–Kier alpha value is -1.93. The summed E-state index contributed by atoms with van der Waals surface area (Å²) >= 11 is 0. The molecule has 0 aliphatic carbocycles. The Kier molecular flexibility index (Phi) is 2.96. The predicted octanol–water partition coefficient (Wildman–Crippen LogP) is -1.03. The normalized spacial score (nSPS) is 21.8. The van der Waals surface area contributed by atoms with Crippen LogP contribution in [0, 0.1) is 0 Å². The standard InChI is InChI=1S/C11H16N6O2/c1-7(12)8-5-16(2-3-19-8)9-4-10-14-15-11(18)17(10)6-13-9/h4,6-8H,2-3,5,12H2,1H3,(H,15,18). The van der Waals surface area contributed by atoms with Gasteiger partial charge in [0, 0.05) is 25.2 Å². The minimum absolute atomic E-state index is 0.00634. The van der Waals surface area contributed by atoms with Crippen LogP contribution in [-0.4, -0.2) is 51.4 Å². The predicted molar refractivity (Wildman–Crippen MR) is 69.2 cm³/mol. The molecule has 3 heterocycles. The van der Waals surface area contributed by atoms with Gasteiger partial charge in [-0.2, -0.15) is 5.10 Å². The second-order valence-electron chi connectivity index (χ2n) is 4.72. The topological polar surface area (TPSA) is 102 Å². The summed E-state index contributed by atoms with van der Waals surface area (Å²) in [4.78, 5) is 17.7. The molecular weight excluding hydrogens is 248 g/mol. The first-order valence-electron chi connectivity index (χ1n) is 6.20. The summed E-state index contributed by atoms with van der Waals surface area (Å²) in [7, 11) is 0. The number of rotatable bonds is 2. The van der Waals surface area contributed by atoms with E-state index in [1.165, 1.54) is 10.7 Å². The first kappa shape index (κ1) is 12.1. The van der Waals surface area contributed by atoms with E-state index in [1.54, 1.807) is 6.07 Å². The Morgan fingerprint density at radius 2 is 2.47 bits per heavy atom. The van der Waals surface area contributed by atoms with Gasteiger partial charge in [0.25, 0.3) is 0 Å². The molecule has 0 bridgehead atoms. The Labute approximate surface area is 109 Å². The van der Waals surface area contributed by atoms with Gasteiger partial charge < -0.3 is 15.4 Å². The molecule has 8 nitrogen and oxygen atoms in total. The lowest BCUT2D eigenvalue weighted by Gasteiger charge is -2.35. The molecule has 8 heteroatoms. The highest BCUT2D eigenvalue weighted by molar-refractivity contribution is 5.50. The number of aromatic nitrogens is 4. The van der Waals surface area contributed by atoms with Gasteiger partial charge in [-0.15, -0.1) is 0 Å². The molecule has 19 heavy (non-hydrogen) atoms. The number of H-pyrrole nitrogens is 1. The zero-order valence-electron chi connectivity index (χ0n) is 10.6. The summed E-state index contributed by atoms with van der Waals surface area (Å²) in [6.45, 7) is 3.99. The molecule has 1 aliphatic rings. The molecule has 0 aromatic carbocycles. The molecule has 0 spiro atoms. The molecule has 0 amide bonds. The van der Waals surface area contributed by atoms with Gasteiger partial charge >= 0.3 is 5.69 Å². The van der Waals surface area contributed by atoms with Crippen LogP contribution in [0.2, 0.25) is 0 Å². The maximum atomic E-state index is 11.4. The average molecular weight is 264 g/mol. The third-order valence-corrected chi connectivity index (χ3v) is 3.30. The van der Waals surface area contributed by atoms with E-state index in [-0.39, 0.29) is 17.8 Å². The fourth-order valence-corrected chi connectivity index (χ4v) is 2.17. The number of aromatic amines is 1. The highest BCUT2D eigenvalue weighted by atomic mass is 16.5. The van der Waals surface area contributed by atoms with Crippen LogP contribution in [0.3, 0.4) is 0 Å². The minimum atomic E-state index is -0.288.